The van der Waals surface area contributed by atoms with E-state index in [1.807, 2.05) is 37.3 Å². The minimum atomic E-state index is -0.277. The number of hydrogen-bond donors (Lipinski definition) is 1. The molecule has 164 valence electrons. The normalized spacial score (nSPS) is 27.1. The van der Waals surface area contributed by atoms with Gasteiger partial charge in [-0.15, -0.1) is 0 Å². The average molecular weight is 431 g/mol. The second-order valence-corrected chi connectivity index (χ2v) is 9.79. The Morgan fingerprint density at radius 1 is 1.09 bits per heavy atom. The largest absolute Gasteiger partial charge is 0.490 e. The Hall–Kier alpha value is -2.95. The lowest BCUT2D eigenvalue weighted by Gasteiger charge is -2.23. The molecule has 2 aromatic carbocycles. The molecule has 3 saturated carbocycles. The molecular formula is C27H27FN2O2. The van der Waals surface area contributed by atoms with Crippen LogP contribution in [0.4, 0.5) is 4.39 Å². The Morgan fingerprint density at radius 2 is 1.84 bits per heavy atom. The van der Waals surface area contributed by atoms with Gasteiger partial charge in [-0.2, -0.15) is 0 Å². The molecular weight excluding hydrogens is 403 g/mol. The maximum atomic E-state index is 13.7. The van der Waals surface area contributed by atoms with Crippen molar-refractivity contribution in [1.82, 2.24) is 10.3 Å². The van der Waals surface area contributed by atoms with E-state index in [-0.39, 0.29) is 23.9 Å². The molecule has 0 aliphatic heterocycles. The number of aryl methyl sites for hydroxylation is 1. The van der Waals surface area contributed by atoms with Crippen LogP contribution in [0, 0.1) is 36.4 Å². The molecule has 3 fully saturated rings. The van der Waals surface area contributed by atoms with Crippen molar-refractivity contribution in [2.24, 2.45) is 23.7 Å². The van der Waals surface area contributed by atoms with E-state index in [1.54, 1.807) is 12.3 Å². The molecule has 4 nitrogen and oxygen atoms in total. The van der Waals surface area contributed by atoms with Crippen molar-refractivity contribution in [2.75, 3.05) is 0 Å². The molecule has 1 N–H and O–H groups in total. The first-order chi connectivity index (χ1) is 15.6. The van der Waals surface area contributed by atoms with Crippen molar-refractivity contribution in [3.8, 4) is 5.75 Å². The fourth-order valence-electron chi connectivity index (χ4n) is 5.77. The Kier molecular flexibility index (Phi) is 4.67. The Bertz CT molecular complexity index is 1160. The van der Waals surface area contributed by atoms with Crippen LogP contribution < -0.4 is 10.1 Å². The van der Waals surface area contributed by atoms with E-state index in [1.165, 1.54) is 25.0 Å². The van der Waals surface area contributed by atoms with Crippen LogP contribution in [0.15, 0.2) is 54.7 Å². The summed E-state index contributed by atoms with van der Waals surface area (Å²) in [4.78, 5) is 17.1. The lowest BCUT2D eigenvalue weighted by Crippen LogP contribution is -2.39. The first kappa shape index (κ1) is 19.7. The zero-order valence-corrected chi connectivity index (χ0v) is 18.1. The van der Waals surface area contributed by atoms with Crippen molar-refractivity contribution < 1.29 is 13.9 Å². The maximum absolute atomic E-state index is 13.7. The summed E-state index contributed by atoms with van der Waals surface area (Å²) in [5.74, 6) is 2.87. The fourth-order valence-corrected chi connectivity index (χ4v) is 5.77. The third kappa shape index (κ3) is 3.64. The van der Waals surface area contributed by atoms with Gasteiger partial charge in [0.05, 0.1) is 11.6 Å². The molecule has 3 aliphatic rings. The monoisotopic (exact) mass is 430 g/mol. The first-order valence-electron chi connectivity index (χ1n) is 11.7. The highest BCUT2D eigenvalue weighted by atomic mass is 19.1. The minimum absolute atomic E-state index is 0.0463. The molecule has 3 aromatic rings. The summed E-state index contributed by atoms with van der Waals surface area (Å²) in [6.07, 6.45) is 6.28. The van der Waals surface area contributed by atoms with Gasteiger partial charge in [0.25, 0.3) is 5.91 Å². The maximum Gasteiger partial charge on any atom is 0.251 e. The fraction of sp³-hybridized carbons (Fsp3) is 0.407. The summed E-state index contributed by atoms with van der Waals surface area (Å²) in [5, 5.41) is 4.10. The number of hydrogen-bond acceptors (Lipinski definition) is 3. The number of pyridine rings is 1. The van der Waals surface area contributed by atoms with Gasteiger partial charge in [0.2, 0.25) is 0 Å². The van der Waals surface area contributed by atoms with E-state index in [0.717, 1.165) is 34.9 Å². The van der Waals surface area contributed by atoms with Crippen LogP contribution in [0.1, 0.15) is 41.6 Å². The third-order valence-corrected chi connectivity index (χ3v) is 7.58. The van der Waals surface area contributed by atoms with Gasteiger partial charge in [0.1, 0.15) is 11.6 Å². The van der Waals surface area contributed by atoms with E-state index in [9.17, 15) is 9.18 Å². The van der Waals surface area contributed by atoms with Crippen LogP contribution in [0.3, 0.4) is 0 Å². The van der Waals surface area contributed by atoms with Crippen LogP contribution in [0.5, 0.6) is 5.75 Å². The summed E-state index contributed by atoms with van der Waals surface area (Å²) >= 11 is 0. The third-order valence-electron chi connectivity index (χ3n) is 7.58. The molecule has 2 unspecified atom stereocenters. The van der Waals surface area contributed by atoms with E-state index in [0.29, 0.717) is 29.4 Å². The second-order valence-electron chi connectivity index (χ2n) is 9.79. The number of fused-ring (bicyclic) bond motifs is 2. The van der Waals surface area contributed by atoms with Gasteiger partial charge in [-0.25, -0.2) is 4.39 Å². The van der Waals surface area contributed by atoms with Crippen LogP contribution in [0.2, 0.25) is 0 Å². The summed E-state index contributed by atoms with van der Waals surface area (Å²) in [6, 6.07) is 14.5. The average Bonchev–Trinajstić information content (AvgIpc) is 3.70. The van der Waals surface area contributed by atoms with Gasteiger partial charge in [-0.05, 0) is 92.7 Å². The van der Waals surface area contributed by atoms with Gasteiger partial charge in [0.15, 0.2) is 0 Å². The number of carbonyl (C=O) groups excluding carboxylic acids is 1. The van der Waals surface area contributed by atoms with Gasteiger partial charge in [-0.3, -0.25) is 9.78 Å². The minimum Gasteiger partial charge on any atom is -0.490 e. The zero-order valence-electron chi connectivity index (χ0n) is 18.1. The number of rotatable bonds is 6. The number of nitrogens with zero attached hydrogens (tertiary/aromatic N) is 1. The SMILES string of the molecule is Cc1ccc(C(=O)N[C@H](C2CC2)C2[C@H]3CC(Oc4ccnc5ccc(F)cc45)C[C@@H]23)cc1. The standard InChI is InChI=1S/C27H27FN2O2/c1-15-2-4-17(5-3-15)27(31)30-26(16-6-7-16)25-20-13-19(14-21(20)25)32-24-10-11-29-23-9-8-18(28)12-22(23)24/h2-5,8-12,16,19-21,25-26H,6-7,13-14H2,1H3,(H,30,31)/t19?,20-,21+,25?,26-/m1/s1. The number of ether oxygens (including phenoxy) is 1. The highest BCUT2D eigenvalue weighted by Crippen LogP contribution is 2.62. The number of amides is 1. The van der Waals surface area contributed by atoms with Crippen molar-refractivity contribution in [3.05, 3.63) is 71.7 Å². The molecule has 5 atom stereocenters. The lowest BCUT2D eigenvalue weighted by molar-refractivity contribution is 0.0918. The van der Waals surface area contributed by atoms with Crippen LogP contribution >= 0.6 is 0 Å². The van der Waals surface area contributed by atoms with E-state index < -0.39 is 0 Å². The molecule has 0 saturated heterocycles. The molecule has 5 heteroatoms. The Balaban J connectivity index is 1.11. The molecule has 32 heavy (non-hydrogen) atoms. The molecule has 1 heterocycles. The van der Waals surface area contributed by atoms with Gasteiger partial charge in [0, 0.05) is 23.2 Å². The molecule has 0 spiro atoms. The Labute approximate surface area is 187 Å². The van der Waals surface area contributed by atoms with E-state index in [2.05, 4.69) is 10.3 Å². The number of aromatic nitrogens is 1. The number of carbonyl (C=O) groups is 1. The number of benzene rings is 2. The van der Waals surface area contributed by atoms with Crippen molar-refractivity contribution >= 4 is 16.8 Å². The molecule has 3 aliphatic carbocycles. The first-order valence-corrected chi connectivity index (χ1v) is 11.7. The van der Waals surface area contributed by atoms with E-state index in [4.69, 9.17) is 4.74 Å². The summed E-state index contributed by atoms with van der Waals surface area (Å²) in [6.45, 7) is 2.03. The molecule has 0 bridgehead atoms. The summed E-state index contributed by atoms with van der Waals surface area (Å²) < 4.78 is 20.1. The lowest BCUT2D eigenvalue weighted by atomic mass is 9.98. The predicted molar refractivity (Wildman–Crippen MR) is 121 cm³/mol. The molecule has 0 radical (unpaired) electrons. The van der Waals surface area contributed by atoms with Crippen molar-refractivity contribution in [3.63, 3.8) is 0 Å². The predicted octanol–water partition coefficient (Wildman–Crippen LogP) is 5.29. The highest BCUT2D eigenvalue weighted by molar-refractivity contribution is 5.94. The zero-order chi connectivity index (χ0) is 21.8. The summed E-state index contributed by atoms with van der Waals surface area (Å²) in [7, 11) is 0. The van der Waals surface area contributed by atoms with Crippen LogP contribution in [-0.2, 0) is 0 Å². The number of halogens is 1. The van der Waals surface area contributed by atoms with Crippen molar-refractivity contribution in [1.29, 1.82) is 0 Å². The topological polar surface area (TPSA) is 51.2 Å². The quantitative estimate of drug-likeness (QED) is 0.578. The van der Waals surface area contributed by atoms with Gasteiger partial charge in [-0.1, -0.05) is 17.7 Å². The van der Waals surface area contributed by atoms with Crippen LogP contribution in [-0.4, -0.2) is 23.0 Å². The van der Waals surface area contributed by atoms with Crippen LogP contribution in [0.25, 0.3) is 10.9 Å². The second kappa shape index (κ2) is 7.58. The highest BCUT2D eigenvalue weighted by Gasteiger charge is 2.61. The van der Waals surface area contributed by atoms with E-state index >= 15 is 0 Å². The molecule has 6 rings (SSSR count). The molecule has 1 amide bonds. The van der Waals surface area contributed by atoms with Gasteiger partial charge < -0.3 is 10.1 Å². The molecule has 1 aromatic heterocycles. The van der Waals surface area contributed by atoms with Gasteiger partial charge >= 0.3 is 0 Å². The Morgan fingerprint density at radius 3 is 2.56 bits per heavy atom. The van der Waals surface area contributed by atoms with Crippen molar-refractivity contribution in [2.45, 2.75) is 44.8 Å². The number of nitrogens with one attached hydrogen (secondary N) is 1. The summed E-state index contributed by atoms with van der Waals surface area (Å²) in [5.41, 5.74) is 2.65. The smallest absolute Gasteiger partial charge is 0.251 e.